The Hall–Kier alpha value is -2.38. The van der Waals surface area contributed by atoms with E-state index in [9.17, 15) is 22.8 Å². The Morgan fingerprint density at radius 2 is 1.89 bits per heavy atom. The van der Waals surface area contributed by atoms with Gasteiger partial charge in [0.25, 0.3) is 5.91 Å². The molecular weight excluding hydrogens is 263 g/mol. The molecule has 1 aromatic rings. The number of nitrogens with zero attached hydrogens (tertiary/aromatic N) is 2. The fraction of sp³-hybridized carbons (Fsp3) is 0.182. The summed E-state index contributed by atoms with van der Waals surface area (Å²) >= 11 is 0. The lowest BCUT2D eigenvalue weighted by Crippen LogP contribution is -2.32. The Morgan fingerprint density at radius 3 is 2.42 bits per heavy atom. The summed E-state index contributed by atoms with van der Waals surface area (Å²) in [5.74, 6) is -1.01. The van der Waals surface area contributed by atoms with Gasteiger partial charge in [0.1, 0.15) is 0 Å². The first-order chi connectivity index (χ1) is 8.88. The molecule has 1 heterocycles. The molecule has 0 radical (unpaired) electrons. The second kappa shape index (κ2) is 4.71. The third kappa shape index (κ3) is 2.90. The average Bonchev–Trinajstić information content (AvgIpc) is 2.72. The maximum atomic E-state index is 12.4. The summed E-state index contributed by atoms with van der Waals surface area (Å²) in [5, 5.41) is 5.47. The minimum atomic E-state index is -4.71. The number of alkyl halides is 3. The van der Waals surface area contributed by atoms with Crippen LogP contribution in [-0.4, -0.2) is 28.8 Å². The predicted octanol–water partition coefficient (Wildman–Crippen LogP) is 2.37. The minimum absolute atomic E-state index is 0.190. The van der Waals surface area contributed by atoms with Crippen LogP contribution < -0.4 is 5.32 Å². The first-order valence-electron chi connectivity index (χ1n) is 5.21. The fourth-order valence-electron chi connectivity index (χ4n) is 1.44. The molecule has 3 amide bonds. The van der Waals surface area contributed by atoms with Crippen LogP contribution in [0.3, 0.4) is 0 Å². The van der Waals surface area contributed by atoms with Crippen LogP contribution in [0, 0.1) is 0 Å². The van der Waals surface area contributed by atoms with Gasteiger partial charge in [0.15, 0.2) is 5.71 Å². The Morgan fingerprint density at radius 1 is 1.26 bits per heavy atom. The number of halogens is 3. The molecule has 0 saturated carbocycles. The number of carbonyl (C=O) groups is 2. The van der Waals surface area contributed by atoms with E-state index in [4.69, 9.17) is 0 Å². The maximum absolute atomic E-state index is 12.4. The molecule has 0 saturated heterocycles. The quantitative estimate of drug-likeness (QED) is 0.852. The molecule has 0 aliphatic carbocycles. The molecule has 1 aliphatic rings. The number of benzene rings is 1. The second-order valence-electron chi connectivity index (χ2n) is 3.72. The van der Waals surface area contributed by atoms with Crippen molar-refractivity contribution in [1.29, 1.82) is 0 Å². The molecular formula is C11H8F3N3O2. The van der Waals surface area contributed by atoms with Crippen LogP contribution in [0.4, 0.5) is 23.7 Å². The molecule has 1 aromatic carbocycles. The van der Waals surface area contributed by atoms with Crippen molar-refractivity contribution in [2.45, 2.75) is 12.6 Å². The third-order valence-electron chi connectivity index (χ3n) is 2.32. The zero-order chi connectivity index (χ0) is 14.0. The van der Waals surface area contributed by atoms with Crippen molar-refractivity contribution in [1.82, 2.24) is 5.01 Å². The molecule has 0 unspecified atom stereocenters. The van der Waals surface area contributed by atoms with Gasteiger partial charge >= 0.3 is 12.2 Å². The van der Waals surface area contributed by atoms with Crippen molar-refractivity contribution < 1.29 is 22.8 Å². The Kier molecular flexibility index (Phi) is 3.24. The van der Waals surface area contributed by atoms with E-state index in [1.165, 1.54) is 12.1 Å². The molecule has 8 heteroatoms. The molecule has 1 aliphatic heterocycles. The lowest BCUT2D eigenvalue weighted by Gasteiger charge is -2.11. The average molecular weight is 271 g/mol. The van der Waals surface area contributed by atoms with Crippen molar-refractivity contribution in [2.24, 2.45) is 5.10 Å². The molecule has 2 rings (SSSR count). The van der Waals surface area contributed by atoms with E-state index in [2.05, 4.69) is 10.4 Å². The molecule has 0 spiro atoms. The number of hydrogen-bond acceptors (Lipinski definition) is 3. The van der Waals surface area contributed by atoms with Gasteiger partial charge in [-0.25, -0.2) is 4.79 Å². The van der Waals surface area contributed by atoms with Crippen molar-refractivity contribution in [3.63, 3.8) is 0 Å². The number of urea groups is 1. The number of para-hydroxylation sites is 1. The van der Waals surface area contributed by atoms with Crippen molar-refractivity contribution >= 4 is 23.3 Å². The van der Waals surface area contributed by atoms with Gasteiger partial charge in [0, 0.05) is 5.69 Å². The Bertz CT molecular complexity index is 540. The standard InChI is InChI=1S/C11H8F3N3O2/c12-11(13,14)8-6-9(18)17(16-8)10(19)15-7-4-2-1-3-5-7/h1-5H,6H2,(H,15,19). The molecule has 19 heavy (non-hydrogen) atoms. The van der Waals surface area contributed by atoms with E-state index >= 15 is 0 Å². The first-order valence-corrected chi connectivity index (χ1v) is 5.21. The third-order valence-corrected chi connectivity index (χ3v) is 2.32. The van der Waals surface area contributed by atoms with Crippen LogP contribution in [0.2, 0.25) is 0 Å². The van der Waals surface area contributed by atoms with Gasteiger partial charge in [-0.2, -0.15) is 18.3 Å². The minimum Gasteiger partial charge on any atom is -0.306 e. The van der Waals surface area contributed by atoms with E-state index in [1.807, 2.05) is 0 Å². The Labute approximate surface area is 105 Å². The summed E-state index contributed by atoms with van der Waals surface area (Å²) in [6, 6.07) is 7.02. The van der Waals surface area contributed by atoms with E-state index in [1.54, 1.807) is 18.2 Å². The maximum Gasteiger partial charge on any atom is 0.431 e. The summed E-state index contributed by atoms with van der Waals surface area (Å²) in [5.41, 5.74) is -0.920. The highest BCUT2D eigenvalue weighted by atomic mass is 19.4. The van der Waals surface area contributed by atoms with Gasteiger partial charge in [-0.1, -0.05) is 18.2 Å². The van der Waals surface area contributed by atoms with Gasteiger partial charge in [0.05, 0.1) is 6.42 Å². The van der Waals surface area contributed by atoms with Crippen LogP contribution in [0.1, 0.15) is 6.42 Å². The number of nitrogens with one attached hydrogen (secondary N) is 1. The highest BCUT2D eigenvalue weighted by Gasteiger charge is 2.44. The summed E-state index contributed by atoms with van der Waals surface area (Å²) in [6.07, 6.45) is -5.64. The predicted molar refractivity (Wildman–Crippen MR) is 60.4 cm³/mol. The highest BCUT2D eigenvalue weighted by molar-refractivity contribution is 6.14. The molecule has 0 fully saturated rings. The number of anilines is 1. The molecule has 0 atom stereocenters. The van der Waals surface area contributed by atoms with Gasteiger partial charge in [-0.3, -0.25) is 4.79 Å². The Balaban J connectivity index is 2.12. The molecule has 5 nitrogen and oxygen atoms in total. The van der Waals surface area contributed by atoms with Gasteiger partial charge < -0.3 is 5.32 Å². The lowest BCUT2D eigenvalue weighted by molar-refractivity contribution is -0.125. The van der Waals surface area contributed by atoms with Crippen LogP contribution in [-0.2, 0) is 4.79 Å². The second-order valence-corrected chi connectivity index (χ2v) is 3.72. The van der Waals surface area contributed by atoms with Gasteiger partial charge in [-0.05, 0) is 12.1 Å². The van der Waals surface area contributed by atoms with E-state index < -0.39 is 30.2 Å². The van der Waals surface area contributed by atoms with E-state index in [-0.39, 0.29) is 5.01 Å². The molecule has 0 aromatic heterocycles. The summed E-state index contributed by atoms with van der Waals surface area (Å²) in [4.78, 5) is 22.9. The normalized spacial score (nSPS) is 15.4. The zero-order valence-electron chi connectivity index (χ0n) is 9.44. The van der Waals surface area contributed by atoms with Crippen LogP contribution in [0.5, 0.6) is 0 Å². The zero-order valence-corrected chi connectivity index (χ0v) is 9.44. The molecule has 100 valence electrons. The largest absolute Gasteiger partial charge is 0.431 e. The smallest absolute Gasteiger partial charge is 0.306 e. The van der Waals surface area contributed by atoms with E-state index in [0.29, 0.717) is 5.69 Å². The number of amides is 3. The van der Waals surface area contributed by atoms with Crippen LogP contribution >= 0.6 is 0 Å². The van der Waals surface area contributed by atoms with E-state index in [0.717, 1.165) is 0 Å². The number of carbonyl (C=O) groups excluding carboxylic acids is 2. The SMILES string of the molecule is O=C1CC(C(F)(F)F)=NN1C(=O)Nc1ccccc1. The first kappa shape index (κ1) is 13.1. The summed E-state index contributed by atoms with van der Waals surface area (Å²) in [7, 11) is 0. The van der Waals surface area contributed by atoms with Crippen molar-refractivity contribution in [2.75, 3.05) is 5.32 Å². The van der Waals surface area contributed by atoms with Crippen molar-refractivity contribution in [3.8, 4) is 0 Å². The number of hydrogen-bond donors (Lipinski definition) is 1. The lowest BCUT2D eigenvalue weighted by atomic mass is 10.3. The van der Waals surface area contributed by atoms with Crippen LogP contribution in [0.15, 0.2) is 35.4 Å². The summed E-state index contributed by atoms with van der Waals surface area (Å²) in [6.45, 7) is 0. The van der Waals surface area contributed by atoms with Crippen LogP contribution in [0.25, 0.3) is 0 Å². The monoisotopic (exact) mass is 271 g/mol. The number of rotatable bonds is 1. The molecule has 0 bridgehead atoms. The van der Waals surface area contributed by atoms with Crippen molar-refractivity contribution in [3.05, 3.63) is 30.3 Å². The number of imide groups is 1. The van der Waals surface area contributed by atoms with Gasteiger partial charge in [0.2, 0.25) is 0 Å². The number of hydrazone groups is 1. The topological polar surface area (TPSA) is 61.8 Å². The fourth-order valence-corrected chi connectivity index (χ4v) is 1.44. The highest BCUT2D eigenvalue weighted by Crippen LogP contribution is 2.25. The van der Waals surface area contributed by atoms with Gasteiger partial charge in [-0.15, -0.1) is 5.01 Å². The summed E-state index contributed by atoms with van der Waals surface area (Å²) < 4.78 is 37.1. The molecule has 1 N–H and O–H groups in total.